The Balaban J connectivity index is 2.88. The van der Waals surface area contributed by atoms with E-state index in [2.05, 4.69) is 0 Å². The molecule has 86 valence electrons. The van der Waals surface area contributed by atoms with Gasteiger partial charge in [-0.1, -0.05) is 51.1 Å². The fraction of sp³-hybridized carbons (Fsp3) is 0.385. The molecular weight excluding hydrogens is 207 g/mol. The summed E-state index contributed by atoms with van der Waals surface area (Å²) >= 11 is 0. The Morgan fingerprint density at radius 1 is 1.12 bits per heavy atom. The molecular formula is C13H15FO2. The van der Waals surface area contributed by atoms with Crippen molar-refractivity contribution in [3.8, 4) is 0 Å². The molecule has 0 spiro atoms. The topological polar surface area (TPSA) is 34.1 Å². The van der Waals surface area contributed by atoms with Crippen molar-refractivity contribution in [3.05, 3.63) is 35.9 Å². The molecule has 0 saturated carbocycles. The van der Waals surface area contributed by atoms with Crippen molar-refractivity contribution < 1.29 is 14.0 Å². The van der Waals surface area contributed by atoms with Gasteiger partial charge in [0.05, 0.1) is 0 Å². The Hall–Kier alpha value is -1.51. The van der Waals surface area contributed by atoms with Gasteiger partial charge < -0.3 is 0 Å². The zero-order valence-electron chi connectivity index (χ0n) is 9.66. The first-order chi connectivity index (χ1) is 7.34. The Labute approximate surface area is 94.5 Å². The first-order valence-electron chi connectivity index (χ1n) is 5.11. The third-order valence-corrected chi connectivity index (χ3v) is 2.26. The van der Waals surface area contributed by atoms with E-state index in [1.165, 1.54) is 12.1 Å². The molecule has 0 aromatic heterocycles. The molecule has 16 heavy (non-hydrogen) atoms. The van der Waals surface area contributed by atoms with E-state index >= 15 is 0 Å². The second-order valence-electron chi connectivity index (χ2n) is 4.71. The van der Waals surface area contributed by atoms with Crippen molar-refractivity contribution in [1.29, 1.82) is 0 Å². The van der Waals surface area contributed by atoms with Crippen LogP contribution in [0.1, 0.15) is 31.1 Å². The molecule has 0 fully saturated rings. The monoisotopic (exact) mass is 222 g/mol. The van der Waals surface area contributed by atoms with Crippen LogP contribution < -0.4 is 0 Å². The van der Waals surface area contributed by atoms with Gasteiger partial charge in [0.15, 0.2) is 5.78 Å². The second-order valence-corrected chi connectivity index (χ2v) is 4.71. The number of carbonyl (C=O) groups is 2. The fourth-order valence-electron chi connectivity index (χ4n) is 1.25. The zero-order chi connectivity index (χ0) is 12.3. The Morgan fingerprint density at radius 3 is 2.06 bits per heavy atom. The lowest BCUT2D eigenvalue weighted by Crippen LogP contribution is -2.35. The number of rotatable bonds is 3. The van der Waals surface area contributed by atoms with Crippen molar-refractivity contribution in [3.63, 3.8) is 0 Å². The van der Waals surface area contributed by atoms with E-state index in [1.807, 2.05) is 0 Å². The molecule has 0 radical (unpaired) electrons. The highest BCUT2D eigenvalue weighted by Crippen LogP contribution is 2.20. The van der Waals surface area contributed by atoms with Gasteiger partial charge in [-0.25, -0.2) is 4.39 Å². The third-order valence-electron chi connectivity index (χ3n) is 2.26. The van der Waals surface area contributed by atoms with Crippen molar-refractivity contribution in [2.45, 2.75) is 26.9 Å². The van der Waals surface area contributed by atoms with Crippen LogP contribution in [0.2, 0.25) is 0 Å². The van der Waals surface area contributed by atoms with Gasteiger partial charge in [-0.2, -0.15) is 0 Å². The summed E-state index contributed by atoms with van der Waals surface area (Å²) in [5.74, 6) is -1.44. The summed E-state index contributed by atoms with van der Waals surface area (Å²) < 4.78 is 13.7. The van der Waals surface area contributed by atoms with Gasteiger partial charge >= 0.3 is 0 Å². The van der Waals surface area contributed by atoms with E-state index in [0.717, 1.165) is 0 Å². The molecule has 0 amide bonds. The quantitative estimate of drug-likeness (QED) is 0.582. The van der Waals surface area contributed by atoms with Crippen LogP contribution in [0, 0.1) is 5.41 Å². The van der Waals surface area contributed by atoms with E-state index in [-0.39, 0.29) is 5.56 Å². The molecule has 3 heteroatoms. The maximum Gasteiger partial charge on any atom is 0.221 e. The van der Waals surface area contributed by atoms with Crippen LogP contribution in [-0.4, -0.2) is 17.7 Å². The minimum absolute atomic E-state index is 0.229. The Bertz CT molecular complexity index is 390. The maximum atomic E-state index is 13.7. The predicted octanol–water partition coefficient (Wildman–Crippen LogP) is 2.82. The first kappa shape index (κ1) is 12.6. The molecule has 0 aliphatic heterocycles. The lowest BCUT2D eigenvalue weighted by molar-refractivity contribution is -0.129. The molecule has 0 aliphatic rings. The molecule has 1 unspecified atom stereocenters. The van der Waals surface area contributed by atoms with Crippen molar-refractivity contribution >= 4 is 11.6 Å². The van der Waals surface area contributed by atoms with Crippen molar-refractivity contribution in [2.24, 2.45) is 5.41 Å². The number of carbonyl (C=O) groups excluding carboxylic acids is 2. The Morgan fingerprint density at radius 2 is 1.62 bits per heavy atom. The summed E-state index contributed by atoms with van der Waals surface area (Å²) in [5.41, 5.74) is -0.614. The number of ketones is 2. The highest BCUT2D eigenvalue weighted by molar-refractivity contribution is 6.14. The number of benzene rings is 1. The largest absolute Gasteiger partial charge is 0.295 e. The highest BCUT2D eigenvalue weighted by Gasteiger charge is 2.34. The normalized spacial score (nSPS) is 13.2. The van der Waals surface area contributed by atoms with E-state index < -0.39 is 23.2 Å². The molecule has 0 N–H and O–H groups in total. The summed E-state index contributed by atoms with van der Waals surface area (Å²) in [6.07, 6.45) is -2.07. The van der Waals surface area contributed by atoms with Crippen LogP contribution in [0.4, 0.5) is 4.39 Å². The summed E-state index contributed by atoms with van der Waals surface area (Å²) in [6.45, 7) is 4.79. The summed E-state index contributed by atoms with van der Waals surface area (Å²) in [7, 11) is 0. The first-order valence-corrected chi connectivity index (χ1v) is 5.11. The molecule has 0 saturated heterocycles. The molecule has 2 nitrogen and oxygen atoms in total. The third kappa shape index (κ3) is 2.75. The number of alkyl halides is 1. The summed E-state index contributed by atoms with van der Waals surface area (Å²) in [4.78, 5) is 23.2. The van der Waals surface area contributed by atoms with E-state index in [0.29, 0.717) is 0 Å². The lowest BCUT2D eigenvalue weighted by atomic mass is 9.86. The van der Waals surface area contributed by atoms with E-state index in [1.54, 1.807) is 39.0 Å². The molecule has 0 bridgehead atoms. The van der Waals surface area contributed by atoms with Crippen LogP contribution in [-0.2, 0) is 4.79 Å². The van der Waals surface area contributed by atoms with Gasteiger partial charge in [-0.3, -0.25) is 9.59 Å². The molecule has 1 aromatic carbocycles. The highest BCUT2D eigenvalue weighted by atomic mass is 19.1. The van der Waals surface area contributed by atoms with Crippen LogP contribution in [0.5, 0.6) is 0 Å². The molecule has 1 aromatic rings. The SMILES string of the molecule is CC(C)(C)C(=O)C(F)C(=O)c1ccccc1. The predicted molar refractivity (Wildman–Crippen MR) is 60.1 cm³/mol. The van der Waals surface area contributed by atoms with Gasteiger partial charge in [0, 0.05) is 11.0 Å². The van der Waals surface area contributed by atoms with Crippen LogP contribution in [0.25, 0.3) is 0 Å². The molecule has 0 aliphatic carbocycles. The molecule has 1 atom stereocenters. The standard InChI is InChI=1S/C13H15FO2/c1-13(2,3)12(16)10(14)11(15)9-7-5-4-6-8-9/h4-8,10H,1-3H3. The minimum Gasteiger partial charge on any atom is -0.295 e. The maximum absolute atomic E-state index is 13.7. The number of hydrogen-bond donors (Lipinski definition) is 0. The van der Waals surface area contributed by atoms with Crippen molar-refractivity contribution in [2.75, 3.05) is 0 Å². The summed E-state index contributed by atoms with van der Waals surface area (Å²) in [5, 5.41) is 0. The van der Waals surface area contributed by atoms with Crippen LogP contribution in [0.15, 0.2) is 30.3 Å². The molecule has 1 rings (SSSR count). The second kappa shape index (κ2) is 4.56. The van der Waals surface area contributed by atoms with Gasteiger partial charge in [0.2, 0.25) is 12.0 Å². The fourth-order valence-corrected chi connectivity index (χ4v) is 1.25. The smallest absolute Gasteiger partial charge is 0.221 e. The summed E-state index contributed by atoms with van der Waals surface area (Å²) in [6, 6.07) is 8.02. The average Bonchev–Trinajstić information content (AvgIpc) is 2.26. The van der Waals surface area contributed by atoms with Gasteiger partial charge in [0.25, 0.3) is 0 Å². The average molecular weight is 222 g/mol. The number of halogens is 1. The van der Waals surface area contributed by atoms with Gasteiger partial charge in [-0.05, 0) is 0 Å². The Kier molecular flexibility index (Phi) is 3.58. The number of hydrogen-bond acceptors (Lipinski definition) is 2. The van der Waals surface area contributed by atoms with Gasteiger partial charge in [-0.15, -0.1) is 0 Å². The van der Waals surface area contributed by atoms with Crippen LogP contribution in [0.3, 0.4) is 0 Å². The lowest BCUT2D eigenvalue weighted by Gasteiger charge is -2.18. The van der Waals surface area contributed by atoms with Gasteiger partial charge in [0.1, 0.15) is 0 Å². The zero-order valence-corrected chi connectivity index (χ0v) is 9.66. The van der Waals surface area contributed by atoms with E-state index in [9.17, 15) is 14.0 Å². The number of Topliss-reactive ketones (excluding diaryl/α,β-unsaturated/α-hetero) is 2. The van der Waals surface area contributed by atoms with Crippen molar-refractivity contribution in [1.82, 2.24) is 0 Å². The minimum atomic E-state index is -2.07. The van der Waals surface area contributed by atoms with E-state index in [4.69, 9.17) is 0 Å². The molecule has 0 heterocycles. The van der Waals surface area contributed by atoms with Crippen LogP contribution >= 0.6 is 0 Å².